The Labute approximate surface area is 220 Å². The van der Waals surface area contributed by atoms with Gasteiger partial charge < -0.3 is 9.54 Å². The number of pyridine rings is 1. The molecule has 1 saturated heterocycles. The van der Waals surface area contributed by atoms with E-state index in [-0.39, 0.29) is 0 Å². The zero-order valence-corrected chi connectivity index (χ0v) is 23.9. The summed E-state index contributed by atoms with van der Waals surface area (Å²) >= 11 is 1.29. The predicted octanol–water partition coefficient (Wildman–Crippen LogP) is 5.94. The summed E-state index contributed by atoms with van der Waals surface area (Å²) in [7, 11) is 0. The van der Waals surface area contributed by atoms with Gasteiger partial charge in [-0.3, -0.25) is 4.90 Å². The smallest absolute Gasteiger partial charge is 0.158 e. The van der Waals surface area contributed by atoms with Crippen molar-refractivity contribution in [2.75, 3.05) is 31.6 Å². The van der Waals surface area contributed by atoms with Crippen LogP contribution in [0.15, 0.2) is 12.5 Å². The Morgan fingerprint density at radius 2 is 2.00 bits per heavy atom. The van der Waals surface area contributed by atoms with Gasteiger partial charge in [-0.05, 0) is 86.1 Å². The predicted molar refractivity (Wildman–Crippen MR) is 151 cm³/mol. The normalized spacial score (nSPS) is 23.5. The van der Waals surface area contributed by atoms with Crippen molar-refractivity contribution in [1.29, 1.82) is 0 Å². The Bertz CT molecular complexity index is 1440. The highest BCUT2D eigenvalue weighted by Crippen LogP contribution is 2.58. The van der Waals surface area contributed by atoms with Crippen LogP contribution in [0.1, 0.15) is 72.1 Å². The molecule has 1 saturated carbocycles. The number of likely N-dealkylation sites (tertiary alicyclic amines) is 1. The largest absolute Gasteiger partial charge is 0.617 e. The van der Waals surface area contributed by atoms with Crippen LogP contribution in [0.5, 0.6) is 0 Å². The molecule has 1 aliphatic heterocycles. The molecule has 1 unspecified atom stereocenters. The maximum absolute atomic E-state index is 11.5. The first-order valence-electron chi connectivity index (χ1n) is 13.1. The molecule has 4 aromatic heterocycles. The zero-order valence-electron chi connectivity index (χ0n) is 22.3. The van der Waals surface area contributed by atoms with E-state index in [9.17, 15) is 4.55 Å². The van der Waals surface area contributed by atoms with Crippen LogP contribution in [0.4, 0.5) is 0 Å². The second-order valence-electron chi connectivity index (χ2n) is 11.6. The molecule has 0 amide bonds. The first-order valence-corrected chi connectivity index (χ1v) is 15.7. The van der Waals surface area contributed by atoms with Gasteiger partial charge in [0.25, 0.3) is 0 Å². The lowest BCUT2D eigenvalue weighted by molar-refractivity contribution is 0.111. The number of aryl methyl sites for hydroxylation is 2. The lowest BCUT2D eigenvalue weighted by atomic mass is 9.60. The van der Waals surface area contributed by atoms with E-state index in [0.717, 1.165) is 17.9 Å². The summed E-state index contributed by atoms with van der Waals surface area (Å²) in [5.41, 5.74) is 9.24. The SMILES string of the molecule is Cc1c(-c2[nH]c3sc([C@H]4C[C@]5(CCN(CC[S+](C)[O-])C5)C4)c(C)c3c2C(C)C)cn2ncnc2c1C. The van der Waals surface area contributed by atoms with E-state index < -0.39 is 11.2 Å². The molecule has 8 heteroatoms. The van der Waals surface area contributed by atoms with Gasteiger partial charge >= 0.3 is 0 Å². The van der Waals surface area contributed by atoms with Crippen LogP contribution in [0.25, 0.3) is 27.1 Å². The van der Waals surface area contributed by atoms with Crippen LogP contribution in [0.3, 0.4) is 0 Å². The number of H-pyrrole nitrogens is 1. The summed E-state index contributed by atoms with van der Waals surface area (Å²) in [6.45, 7) is 14.7. The monoisotopic (exact) mass is 523 g/mol. The van der Waals surface area contributed by atoms with Crippen molar-refractivity contribution < 1.29 is 4.55 Å². The topological polar surface area (TPSA) is 72.3 Å². The Morgan fingerprint density at radius 1 is 1.22 bits per heavy atom. The highest BCUT2D eigenvalue weighted by molar-refractivity contribution is 7.90. The molecule has 6 nitrogen and oxygen atoms in total. The summed E-state index contributed by atoms with van der Waals surface area (Å²) in [6, 6.07) is 0. The maximum Gasteiger partial charge on any atom is 0.158 e. The standard InChI is InChI=1S/C28H37N5OS2/c1-16(2)22-23-19(5)25(20-11-28(12-20)7-8-32(14-28)9-10-36(6)34)35-27(23)31-24(22)21-13-33-26(29-15-30-33)18(4)17(21)3/h13,15-16,20,31H,7-12,14H2,1-6H3/t20-,28+,36?. The van der Waals surface area contributed by atoms with Gasteiger partial charge in [0.15, 0.2) is 5.65 Å². The Balaban J connectivity index is 1.31. The van der Waals surface area contributed by atoms with E-state index in [1.54, 1.807) is 11.2 Å². The number of hydrogen-bond donors (Lipinski definition) is 1. The highest BCUT2D eigenvalue weighted by atomic mass is 32.2. The van der Waals surface area contributed by atoms with E-state index in [2.05, 4.69) is 60.8 Å². The van der Waals surface area contributed by atoms with Crippen molar-refractivity contribution >= 4 is 38.4 Å². The molecule has 1 atom stereocenters. The quantitative estimate of drug-likeness (QED) is 0.318. The van der Waals surface area contributed by atoms with Crippen molar-refractivity contribution in [3.05, 3.63) is 39.7 Å². The summed E-state index contributed by atoms with van der Waals surface area (Å²) < 4.78 is 13.4. The molecule has 36 heavy (non-hydrogen) atoms. The van der Waals surface area contributed by atoms with Gasteiger partial charge in [-0.25, -0.2) is 9.50 Å². The van der Waals surface area contributed by atoms with Gasteiger partial charge in [0.2, 0.25) is 0 Å². The highest BCUT2D eigenvalue weighted by Gasteiger charge is 2.49. The molecular formula is C28H37N5OS2. The number of rotatable bonds is 6. The third-order valence-electron chi connectivity index (χ3n) is 8.88. The average molecular weight is 524 g/mol. The minimum atomic E-state index is -0.696. The van der Waals surface area contributed by atoms with Crippen LogP contribution < -0.4 is 0 Å². The van der Waals surface area contributed by atoms with Crippen molar-refractivity contribution in [2.24, 2.45) is 5.41 Å². The molecule has 6 rings (SSSR count). The van der Waals surface area contributed by atoms with Crippen LogP contribution in [-0.4, -0.2) is 60.7 Å². The molecule has 1 spiro atoms. The minimum absolute atomic E-state index is 0.418. The third-order valence-corrected chi connectivity index (χ3v) is 11.0. The number of thiophene rings is 1. The Morgan fingerprint density at radius 3 is 2.72 bits per heavy atom. The maximum atomic E-state index is 11.5. The third kappa shape index (κ3) is 3.83. The first-order chi connectivity index (χ1) is 17.2. The van der Waals surface area contributed by atoms with Gasteiger partial charge in [-0.1, -0.05) is 25.0 Å². The first kappa shape index (κ1) is 24.5. The van der Waals surface area contributed by atoms with Crippen LogP contribution in [-0.2, 0) is 11.2 Å². The molecule has 2 aliphatic rings. The van der Waals surface area contributed by atoms with Gasteiger partial charge in [0.1, 0.15) is 16.9 Å². The molecule has 1 aliphatic carbocycles. The van der Waals surface area contributed by atoms with Gasteiger partial charge in [-0.15, -0.1) is 11.3 Å². The summed E-state index contributed by atoms with van der Waals surface area (Å²) in [5.74, 6) is 1.90. The molecule has 4 aromatic rings. The minimum Gasteiger partial charge on any atom is -0.617 e. The van der Waals surface area contributed by atoms with Crippen molar-refractivity contribution in [2.45, 2.75) is 65.7 Å². The molecule has 192 valence electrons. The van der Waals surface area contributed by atoms with E-state index in [4.69, 9.17) is 0 Å². The van der Waals surface area contributed by atoms with E-state index in [0.29, 0.717) is 17.3 Å². The number of nitrogens with one attached hydrogen (secondary N) is 1. The average Bonchev–Trinajstić information content (AvgIpc) is 3.57. The van der Waals surface area contributed by atoms with Gasteiger partial charge in [0, 0.05) is 35.1 Å². The lowest BCUT2D eigenvalue weighted by Gasteiger charge is -2.45. The molecule has 2 fully saturated rings. The fraction of sp³-hybridized carbons (Fsp3) is 0.571. The van der Waals surface area contributed by atoms with Crippen LogP contribution in [0.2, 0.25) is 0 Å². The molecule has 0 aromatic carbocycles. The molecule has 0 radical (unpaired) electrons. The van der Waals surface area contributed by atoms with Gasteiger partial charge in [0.05, 0.1) is 11.9 Å². The van der Waals surface area contributed by atoms with Crippen LogP contribution >= 0.6 is 11.3 Å². The number of fused-ring (bicyclic) bond motifs is 2. The Hall–Kier alpha value is -1.87. The summed E-state index contributed by atoms with van der Waals surface area (Å²) in [5, 5.41) is 5.87. The zero-order chi connectivity index (χ0) is 25.4. The Kier molecular flexibility index (Phi) is 6.02. The number of nitrogens with zero attached hydrogens (tertiary/aromatic N) is 4. The number of aromatic nitrogens is 4. The summed E-state index contributed by atoms with van der Waals surface area (Å²) in [4.78, 5) is 13.8. The van der Waals surface area contributed by atoms with E-state index >= 15 is 0 Å². The lowest BCUT2D eigenvalue weighted by Crippen LogP contribution is -2.39. The van der Waals surface area contributed by atoms with Crippen molar-refractivity contribution in [1.82, 2.24) is 24.5 Å². The molecular weight excluding hydrogens is 486 g/mol. The second-order valence-corrected chi connectivity index (χ2v) is 14.2. The van der Waals surface area contributed by atoms with Crippen molar-refractivity contribution in [3.8, 4) is 11.3 Å². The molecule has 1 N–H and O–H groups in total. The summed E-state index contributed by atoms with van der Waals surface area (Å²) in [6.07, 6.45) is 9.49. The molecule has 5 heterocycles. The van der Waals surface area contributed by atoms with Crippen molar-refractivity contribution in [3.63, 3.8) is 0 Å². The number of aromatic amines is 1. The molecule has 0 bridgehead atoms. The van der Waals surface area contributed by atoms with E-state index in [1.807, 2.05) is 22.1 Å². The van der Waals surface area contributed by atoms with E-state index in [1.165, 1.54) is 76.1 Å². The van der Waals surface area contributed by atoms with Gasteiger partial charge in [-0.2, -0.15) is 5.10 Å². The second kappa shape index (κ2) is 8.86. The fourth-order valence-electron chi connectivity index (χ4n) is 6.86. The van der Waals surface area contributed by atoms with Crippen LogP contribution in [0, 0.1) is 26.2 Å². The number of hydrogen-bond acceptors (Lipinski definition) is 5. The fourth-order valence-corrected chi connectivity index (χ4v) is 8.70.